The standard InChI is InChI=1S/C32H52O5/c1-3-4-5-6-7-8-9-10-11-12-19-36-29-18-17-28-27-15-13-24-20-25(33)14-16-26(24)30(27)23(2)21-32(28,29)22-37-31(34)35/h20,23,26-30H,3-19,21-22H2,1-2H3,(H,34,35)/t23-,26-,27-,28-,29-,30+,32+/m0/s1. The zero-order chi connectivity index (χ0) is 26.3. The SMILES string of the molecule is CCCCCCCCCCCCO[C@H]1CC[C@H]2[C@@H]3CCC4=CC(=O)CC[C@@H]4[C@H]3[C@@H](C)C[C@]12COC(=O)O. The van der Waals surface area contributed by atoms with Crippen molar-refractivity contribution in [1.29, 1.82) is 0 Å². The molecule has 0 aromatic heterocycles. The second kappa shape index (κ2) is 13.6. The van der Waals surface area contributed by atoms with Gasteiger partial charge in [0.25, 0.3) is 0 Å². The molecule has 0 unspecified atom stereocenters. The Morgan fingerprint density at radius 1 is 0.973 bits per heavy atom. The van der Waals surface area contributed by atoms with Crippen LogP contribution in [-0.2, 0) is 14.3 Å². The van der Waals surface area contributed by atoms with E-state index >= 15 is 0 Å². The second-order valence-corrected chi connectivity index (χ2v) is 12.8. The van der Waals surface area contributed by atoms with Gasteiger partial charge in [0.15, 0.2) is 5.78 Å². The molecule has 0 bridgehead atoms. The number of carbonyl (C=O) groups is 2. The number of carboxylic acid groups (broad SMARTS) is 1. The van der Waals surface area contributed by atoms with Crippen LogP contribution in [0.3, 0.4) is 0 Å². The van der Waals surface area contributed by atoms with Gasteiger partial charge in [0.05, 0.1) is 6.10 Å². The van der Waals surface area contributed by atoms with Gasteiger partial charge < -0.3 is 14.6 Å². The van der Waals surface area contributed by atoms with Gasteiger partial charge in [0.2, 0.25) is 0 Å². The molecule has 5 nitrogen and oxygen atoms in total. The first-order valence-corrected chi connectivity index (χ1v) is 15.7. The van der Waals surface area contributed by atoms with Crippen molar-refractivity contribution >= 4 is 11.9 Å². The lowest BCUT2D eigenvalue weighted by molar-refractivity contribution is -0.138. The van der Waals surface area contributed by atoms with E-state index in [4.69, 9.17) is 9.47 Å². The van der Waals surface area contributed by atoms with Gasteiger partial charge in [-0.05, 0) is 80.6 Å². The third-order valence-electron chi connectivity index (χ3n) is 10.5. The molecule has 4 aliphatic rings. The predicted octanol–water partition coefficient (Wildman–Crippen LogP) is 8.36. The Labute approximate surface area is 225 Å². The summed E-state index contributed by atoms with van der Waals surface area (Å²) in [6, 6.07) is 0. The summed E-state index contributed by atoms with van der Waals surface area (Å²) in [6.45, 7) is 5.69. The monoisotopic (exact) mass is 516 g/mol. The highest BCUT2D eigenvalue weighted by Gasteiger charge is 2.61. The normalized spacial score (nSPS) is 34.9. The molecule has 0 radical (unpaired) electrons. The van der Waals surface area contributed by atoms with Crippen molar-refractivity contribution < 1.29 is 24.2 Å². The first-order chi connectivity index (χ1) is 18.0. The Hall–Kier alpha value is -1.36. The molecule has 0 aliphatic heterocycles. The topological polar surface area (TPSA) is 72.8 Å². The summed E-state index contributed by atoms with van der Waals surface area (Å²) in [6.07, 6.45) is 21.0. The summed E-state index contributed by atoms with van der Waals surface area (Å²) in [7, 11) is 0. The molecule has 210 valence electrons. The van der Waals surface area contributed by atoms with Crippen molar-refractivity contribution in [3.8, 4) is 0 Å². The largest absolute Gasteiger partial charge is 0.505 e. The van der Waals surface area contributed by atoms with Crippen LogP contribution in [0.1, 0.15) is 123 Å². The molecule has 5 heteroatoms. The zero-order valence-corrected chi connectivity index (χ0v) is 23.6. The predicted molar refractivity (Wildman–Crippen MR) is 147 cm³/mol. The van der Waals surface area contributed by atoms with Gasteiger partial charge in [-0.3, -0.25) is 4.79 Å². The highest BCUT2D eigenvalue weighted by Crippen LogP contribution is 2.64. The first kappa shape index (κ1) is 28.6. The average Bonchev–Trinajstić information content (AvgIpc) is 3.23. The zero-order valence-electron chi connectivity index (χ0n) is 23.6. The summed E-state index contributed by atoms with van der Waals surface area (Å²) < 4.78 is 12.0. The smallest absolute Gasteiger partial charge is 0.450 e. The maximum Gasteiger partial charge on any atom is 0.505 e. The Bertz CT molecular complexity index is 790. The molecule has 0 aromatic rings. The summed E-state index contributed by atoms with van der Waals surface area (Å²) in [5, 5.41) is 9.40. The minimum absolute atomic E-state index is 0.101. The van der Waals surface area contributed by atoms with Crippen LogP contribution in [0.15, 0.2) is 11.6 Å². The van der Waals surface area contributed by atoms with Gasteiger partial charge in [-0.1, -0.05) is 77.2 Å². The third kappa shape index (κ3) is 6.81. The molecule has 0 spiro atoms. The van der Waals surface area contributed by atoms with E-state index in [0.29, 0.717) is 41.8 Å². The van der Waals surface area contributed by atoms with Crippen molar-refractivity contribution in [1.82, 2.24) is 0 Å². The Morgan fingerprint density at radius 2 is 1.68 bits per heavy atom. The molecular formula is C32H52O5. The Balaban J connectivity index is 1.31. The lowest BCUT2D eigenvalue weighted by atomic mass is 9.49. The number of ketones is 1. The fourth-order valence-electron chi connectivity index (χ4n) is 9.00. The number of fused-ring (bicyclic) bond motifs is 5. The molecule has 0 amide bonds. The van der Waals surface area contributed by atoms with Crippen LogP contribution in [0.25, 0.3) is 0 Å². The Morgan fingerprint density at radius 3 is 2.38 bits per heavy atom. The van der Waals surface area contributed by atoms with E-state index in [0.717, 1.165) is 51.6 Å². The van der Waals surface area contributed by atoms with Crippen molar-refractivity contribution in [3.05, 3.63) is 11.6 Å². The maximum atomic E-state index is 12.1. The van der Waals surface area contributed by atoms with Crippen LogP contribution >= 0.6 is 0 Å². The van der Waals surface area contributed by atoms with Gasteiger partial charge in [-0.2, -0.15) is 0 Å². The van der Waals surface area contributed by atoms with E-state index in [1.807, 2.05) is 6.08 Å². The van der Waals surface area contributed by atoms with E-state index in [-0.39, 0.29) is 18.1 Å². The highest BCUT2D eigenvalue weighted by molar-refractivity contribution is 5.91. The number of ether oxygens (including phenoxy) is 2. The second-order valence-electron chi connectivity index (χ2n) is 12.8. The number of hydrogen-bond donors (Lipinski definition) is 1. The number of carbonyl (C=O) groups excluding carboxylic acids is 1. The molecular weight excluding hydrogens is 464 g/mol. The van der Waals surface area contributed by atoms with Crippen LogP contribution in [-0.4, -0.2) is 36.4 Å². The summed E-state index contributed by atoms with van der Waals surface area (Å²) in [4.78, 5) is 23.5. The molecule has 0 saturated heterocycles. The van der Waals surface area contributed by atoms with E-state index in [1.165, 1.54) is 63.4 Å². The number of allylic oxidation sites excluding steroid dienone is 1. The van der Waals surface area contributed by atoms with Gasteiger partial charge in [-0.15, -0.1) is 0 Å². The quantitative estimate of drug-likeness (QED) is 0.185. The summed E-state index contributed by atoms with van der Waals surface area (Å²) >= 11 is 0. The fourth-order valence-corrected chi connectivity index (χ4v) is 9.00. The number of rotatable bonds is 14. The van der Waals surface area contributed by atoms with Crippen LogP contribution in [0.2, 0.25) is 0 Å². The molecule has 4 aliphatic carbocycles. The van der Waals surface area contributed by atoms with Gasteiger partial charge in [-0.25, -0.2) is 4.79 Å². The maximum absolute atomic E-state index is 12.1. The van der Waals surface area contributed by atoms with Gasteiger partial charge in [0, 0.05) is 18.4 Å². The minimum Gasteiger partial charge on any atom is -0.450 e. The van der Waals surface area contributed by atoms with Crippen LogP contribution in [0.5, 0.6) is 0 Å². The van der Waals surface area contributed by atoms with Crippen LogP contribution in [0.4, 0.5) is 4.79 Å². The lowest BCUT2D eigenvalue weighted by Gasteiger charge is -2.57. The Kier molecular flexibility index (Phi) is 10.5. The van der Waals surface area contributed by atoms with Gasteiger partial charge >= 0.3 is 6.16 Å². The third-order valence-corrected chi connectivity index (χ3v) is 10.5. The highest BCUT2D eigenvalue weighted by atomic mass is 16.7. The summed E-state index contributed by atoms with van der Waals surface area (Å²) in [5.41, 5.74) is 1.20. The number of unbranched alkanes of at least 4 members (excludes halogenated alkanes) is 9. The molecule has 3 saturated carbocycles. The first-order valence-electron chi connectivity index (χ1n) is 15.7. The molecule has 4 rings (SSSR count). The molecule has 1 N–H and O–H groups in total. The van der Waals surface area contributed by atoms with Crippen molar-refractivity contribution in [2.24, 2.45) is 35.0 Å². The van der Waals surface area contributed by atoms with Gasteiger partial charge in [0.1, 0.15) is 6.61 Å². The van der Waals surface area contributed by atoms with E-state index in [2.05, 4.69) is 13.8 Å². The van der Waals surface area contributed by atoms with Crippen molar-refractivity contribution in [2.75, 3.05) is 13.2 Å². The van der Waals surface area contributed by atoms with Crippen LogP contribution < -0.4 is 0 Å². The molecule has 37 heavy (non-hydrogen) atoms. The van der Waals surface area contributed by atoms with Crippen LogP contribution in [0, 0.1) is 35.0 Å². The number of hydrogen-bond acceptors (Lipinski definition) is 4. The van der Waals surface area contributed by atoms with E-state index in [9.17, 15) is 14.7 Å². The fraction of sp³-hybridized carbons (Fsp3) is 0.875. The minimum atomic E-state index is -1.16. The van der Waals surface area contributed by atoms with Crippen molar-refractivity contribution in [3.63, 3.8) is 0 Å². The molecule has 0 heterocycles. The lowest BCUT2D eigenvalue weighted by Crippen LogP contribution is -2.54. The van der Waals surface area contributed by atoms with E-state index < -0.39 is 6.16 Å². The average molecular weight is 517 g/mol. The van der Waals surface area contributed by atoms with E-state index in [1.54, 1.807) is 0 Å². The summed E-state index contributed by atoms with van der Waals surface area (Å²) in [5.74, 6) is 2.99. The molecule has 3 fully saturated rings. The molecule has 7 atom stereocenters. The van der Waals surface area contributed by atoms with Crippen molar-refractivity contribution in [2.45, 2.75) is 129 Å². The molecule has 0 aromatic carbocycles.